The summed E-state index contributed by atoms with van der Waals surface area (Å²) in [6.07, 6.45) is 8.34. The molecular formula is C25H30N6. The SMILES string of the molecule is N#Cc1ccc(Nc2cc(C3CCN(CC4CC4)CC3)cc(N3CC4CC4C3)n2)nc1. The maximum atomic E-state index is 9.02. The van der Waals surface area contributed by atoms with Gasteiger partial charge >= 0.3 is 0 Å². The van der Waals surface area contributed by atoms with E-state index < -0.39 is 0 Å². The molecule has 31 heavy (non-hydrogen) atoms. The number of anilines is 3. The first-order valence-electron chi connectivity index (χ1n) is 11.9. The molecule has 6 heteroatoms. The Morgan fingerprint density at radius 1 is 1.03 bits per heavy atom. The lowest BCUT2D eigenvalue weighted by atomic mass is 9.89. The van der Waals surface area contributed by atoms with E-state index >= 15 is 0 Å². The normalized spacial score (nSPS) is 25.8. The molecule has 160 valence electrons. The maximum absolute atomic E-state index is 9.02. The van der Waals surface area contributed by atoms with Gasteiger partial charge in [-0.05, 0) is 98.7 Å². The standard InChI is InChI=1S/C25H30N6/c26-12-18-3-4-23(27-13-18)28-24-10-20(11-25(29-24)31-15-21-9-22(21)16-31)19-5-7-30(8-6-19)14-17-1-2-17/h3-4,10-11,13,17,19,21-22H,1-2,5-9,14-16H2,(H,27,28,29). The second-order valence-corrected chi connectivity index (χ2v) is 9.99. The highest BCUT2D eigenvalue weighted by atomic mass is 15.2. The summed E-state index contributed by atoms with van der Waals surface area (Å²) < 4.78 is 0. The Labute approximate surface area is 184 Å². The molecule has 2 saturated heterocycles. The van der Waals surface area contributed by atoms with E-state index in [-0.39, 0.29) is 0 Å². The first kappa shape index (κ1) is 19.1. The lowest BCUT2D eigenvalue weighted by Gasteiger charge is -2.33. The number of likely N-dealkylation sites (tertiary alicyclic amines) is 1. The molecule has 4 heterocycles. The molecule has 0 aromatic carbocycles. The van der Waals surface area contributed by atoms with E-state index in [4.69, 9.17) is 10.2 Å². The summed E-state index contributed by atoms with van der Waals surface area (Å²) in [5.41, 5.74) is 1.98. The minimum atomic E-state index is 0.571. The number of fused-ring (bicyclic) bond motifs is 1. The van der Waals surface area contributed by atoms with Crippen LogP contribution in [0.2, 0.25) is 0 Å². The Morgan fingerprint density at radius 2 is 1.84 bits per heavy atom. The molecule has 2 aromatic rings. The summed E-state index contributed by atoms with van der Waals surface area (Å²) >= 11 is 0. The number of hydrogen-bond acceptors (Lipinski definition) is 6. The van der Waals surface area contributed by atoms with E-state index in [2.05, 4.69) is 38.3 Å². The van der Waals surface area contributed by atoms with Gasteiger partial charge in [0.2, 0.25) is 0 Å². The minimum Gasteiger partial charge on any atom is -0.356 e. The molecule has 4 aliphatic rings. The Hall–Kier alpha value is -2.65. The van der Waals surface area contributed by atoms with Crippen LogP contribution in [-0.2, 0) is 0 Å². The van der Waals surface area contributed by atoms with Crippen molar-refractivity contribution in [1.29, 1.82) is 5.26 Å². The van der Waals surface area contributed by atoms with Crippen LogP contribution in [-0.4, -0.2) is 47.6 Å². The van der Waals surface area contributed by atoms with Crippen molar-refractivity contribution in [3.05, 3.63) is 41.6 Å². The van der Waals surface area contributed by atoms with E-state index in [1.165, 1.54) is 57.3 Å². The van der Waals surface area contributed by atoms with E-state index in [1.807, 2.05) is 6.07 Å². The van der Waals surface area contributed by atoms with Crippen LogP contribution in [0, 0.1) is 29.1 Å². The molecular weight excluding hydrogens is 384 g/mol. The molecule has 2 atom stereocenters. The van der Waals surface area contributed by atoms with Gasteiger partial charge in [-0.3, -0.25) is 0 Å². The smallest absolute Gasteiger partial charge is 0.134 e. The molecule has 2 aliphatic heterocycles. The van der Waals surface area contributed by atoms with Gasteiger partial charge < -0.3 is 15.1 Å². The van der Waals surface area contributed by atoms with Gasteiger partial charge in [-0.15, -0.1) is 0 Å². The molecule has 4 fully saturated rings. The van der Waals surface area contributed by atoms with Gasteiger partial charge in [0.25, 0.3) is 0 Å². The molecule has 2 unspecified atom stereocenters. The highest BCUT2D eigenvalue weighted by Gasteiger charge is 2.45. The van der Waals surface area contributed by atoms with Crippen LogP contribution in [0.15, 0.2) is 30.5 Å². The fraction of sp³-hybridized carbons (Fsp3) is 0.560. The topological polar surface area (TPSA) is 68.1 Å². The zero-order valence-corrected chi connectivity index (χ0v) is 18.0. The Morgan fingerprint density at radius 3 is 2.52 bits per heavy atom. The number of pyridine rings is 2. The number of piperidine rings is 2. The maximum Gasteiger partial charge on any atom is 0.134 e. The van der Waals surface area contributed by atoms with Crippen LogP contribution < -0.4 is 10.2 Å². The van der Waals surface area contributed by atoms with Crippen molar-refractivity contribution in [1.82, 2.24) is 14.9 Å². The van der Waals surface area contributed by atoms with Crippen LogP contribution >= 0.6 is 0 Å². The Bertz CT molecular complexity index is 974. The zero-order valence-electron chi connectivity index (χ0n) is 18.0. The summed E-state index contributed by atoms with van der Waals surface area (Å²) in [4.78, 5) is 14.5. The minimum absolute atomic E-state index is 0.571. The fourth-order valence-electron chi connectivity index (χ4n) is 5.36. The van der Waals surface area contributed by atoms with Crippen LogP contribution in [0.3, 0.4) is 0 Å². The lowest BCUT2D eigenvalue weighted by molar-refractivity contribution is 0.204. The average Bonchev–Trinajstić information content (AvgIpc) is 3.73. The molecule has 0 radical (unpaired) electrons. The van der Waals surface area contributed by atoms with E-state index in [0.717, 1.165) is 48.3 Å². The molecule has 2 saturated carbocycles. The third-order valence-corrected chi connectivity index (χ3v) is 7.56. The van der Waals surface area contributed by atoms with Gasteiger partial charge in [-0.1, -0.05) is 0 Å². The highest BCUT2D eigenvalue weighted by molar-refractivity contribution is 5.58. The van der Waals surface area contributed by atoms with Crippen molar-refractivity contribution in [2.24, 2.45) is 17.8 Å². The monoisotopic (exact) mass is 414 g/mol. The van der Waals surface area contributed by atoms with Crippen molar-refractivity contribution in [2.75, 3.05) is 42.9 Å². The Balaban J connectivity index is 1.22. The van der Waals surface area contributed by atoms with Crippen molar-refractivity contribution >= 4 is 17.5 Å². The molecule has 6 rings (SSSR count). The first-order chi connectivity index (χ1) is 15.2. The number of nitrogens with zero attached hydrogens (tertiary/aromatic N) is 5. The molecule has 2 aromatic heterocycles. The fourth-order valence-corrected chi connectivity index (χ4v) is 5.36. The van der Waals surface area contributed by atoms with Crippen molar-refractivity contribution in [3.63, 3.8) is 0 Å². The quantitative estimate of drug-likeness (QED) is 0.766. The summed E-state index contributed by atoms with van der Waals surface area (Å²) in [5.74, 6) is 6.05. The van der Waals surface area contributed by atoms with Crippen LogP contribution in [0.25, 0.3) is 0 Å². The van der Waals surface area contributed by atoms with Crippen molar-refractivity contribution in [3.8, 4) is 6.07 Å². The number of aromatic nitrogens is 2. The third-order valence-electron chi connectivity index (χ3n) is 7.56. The second kappa shape index (κ2) is 7.80. The summed E-state index contributed by atoms with van der Waals surface area (Å²) in [5, 5.41) is 12.4. The predicted molar refractivity (Wildman–Crippen MR) is 121 cm³/mol. The van der Waals surface area contributed by atoms with Gasteiger partial charge in [0.1, 0.15) is 23.5 Å². The van der Waals surface area contributed by atoms with Gasteiger partial charge in [-0.2, -0.15) is 5.26 Å². The van der Waals surface area contributed by atoms with Gasteiger partial charge in [-0.25, -0.2) is 9.97 Å². The van der Waals surface area contributed by atoms with Gasteiger partial charge in [0, 0.05) is 25.8 Å². The van der Waals surface area contributed by atoms with E-state index in [1.54, 1.807) is 12.3 Å². The lowest BCUT2D eigenvalue weighted by Crippen LogP contribution is -2.34. The van der Waals surface area contributed by atoms with Crippen LogP contribution in [0.1, 0.15) is 49.1 Å². The van der Waals surface area contributed by atoms with Crippen LogP contribution in [0.4, 0.5) is 17.5 Å². The van der Waals surface area contributed by atoms with Gasteiger partial charge in [0.05, 0.1) is 5.56 Å². The van der Waals surface area contributed by atoms with E-state index in [0.29, 0.717) is 11.5 Å². The summed E-state index contributed by atoms with van der Waals surface area (Å²) in [6.45, 7) is 6.03. The number of hydrogen-bond donors (Lipinski definition) is 1. The highest BCUT2D eigenvalue weighted by Crippen LogP contribution is 2.46. The molecule has 1 N–H and O–H groups in total. The zero-order chi connectivity index (χ0) is 20.8. The molecule has 0 amide bonds. The van der Waals surface area contributed by atoms with Crippen molar-refractivity contribution < 1.29 is 0 Å². The van der Waals surface area contributed by atoms with Crippen molar-refractivity contribution in [2.45, 2.75) is 38.0 Å². The predicted octanol–water partition coefficient (Wildman–Crippen LogP) is 4.14. The largest absolute Gasteiger partial charge is 0.356 e. The number of nitrogens with one attached hydrogen (secondary N) is 1. The Kier molecular flexibility index (Phi) is 4.80. The summed E-state index contributed by atoms with van der Waals surface area (Å²) in [6, 6.07) is 10.4. The number of rotatable bonds is 6. The first-order valence-corrected chi connectivity index (χ1v) is 11.9. The second-order valence-electron chi connectivity index (χ2n) is 9.99. The van der Waals surface area contributed by atoms with E-state index in [9.17, 15) is 0 Å². The molecule has 0 bridgehead atoms. The van der Waals surface area contributed by atoms with Gasteiger partial charge in [0.15, 0.2) is 0 Å². The molecule has 0 spiro atoms. The average molecular weight is 415 g/mol. The van der Waals surface area contributed by atoms with Crippen LogP contribution in [0.5, 0.6) is 0 Å². The number of nitriles is 1. The molecule has 2 aliphatic carbocycles. The molecule has 6 nitrogen and oxygen atoms in total. The third kappa shape index (κ3) is 4.24. The summed E-state index contributed by atoms with van der Waals surface area (Å²) in [7, 11) is 0.